The summed E-state index contributed by atoms with van der Waals surface area (Å²) in [5.41, 5.74) is 0.800. The molecular formula is C18H22N2O3S. The van der Waals surface area contributed by atoms with Crippen LogP contribution in [0.2, 0.25) is 0 Å². The molecule has 2 aliphatic rings. The Labute approximate surface area is 145 Å². The highest BCUT2D eigenvalue weighted by molar-refractivity contribution is 7.08. The summed E-state index contributed by atoms with van der Waals surface area (Å²) in [6.07, 6.45) is 2.98. The Balaban J connectivity index is 1.38. The number of piperidine rings is 1. The van der Waals surface area contributed by atoms with Gasteiger partial charge in [0.15, 0.2) is 0 Å². The number of ether oxygens (including phenoxy) is 1. The summed E-state index contributed by atoms with van der Waals surface area (Å²) in [6.45, 7) is 4.86. The van der Waals surface area contributed by atoms with E-state index in [0.29, 0.717) is 19.1 Å². The molecule has 2 fully saturated rings. The van der Waals surface area contributed by atoms with Gasteiger partial charge in [-0.25, -0.2) is 0 Å². The summed E-state index contributed by atoms with van der Waals surface area (Å²) in [6, 6.07) is 5.85. The van der Waals surface area contributed by atoms with E-state index in [1.165, 1.54) is 0 Å². The molecule has 24 heavy (non-hydrogen) atoms. The molecule has 128 valence electrons. The molecular weight excluding hydrogens is 324 g/mol. The zero-order chi connectivity index (χ0) is 16.4. The standard InChI is InChI=1S/C18H22N2O3S/c21-18(15-4-9-24-13-15)20-6-8-23-17-12-19(5-3-14(17)10-20)11-16-2-1-7-22-16/h1-2,4,7,9,13-14,17H,3,5-6,8,10-12H2/t14-,17-/m0/s1. The number of fused-ring (bicyclic) bond motifs is 1. The van der Waals surface area contributed by atoms with Crippen LogP contribution in [-0.4, -0.2) is 54.6 Å². The molecule has 0 radical (unpaired) electrons. The third-order valence-electron chi connectivity index (χ3n) is 4.94. The zero-order valence-electron chi connectivity index (χ0n) is 13.6. The maximum absolute atomic E-state index is 12.6. The van der Waals surface area contributed by atoms with E-state index in [0.717, 1.165) is 43.9 Å². The van der Waals surface area contributed by atoms with Gasteiger partial charge in [0.2, 0.25) is 0 Å². The minimum atomic E-state index is 0.138. The molecule has 2 atom stereocenters. The molecule has 2 aromatic heterocycles. The van der Waals surface area contributed by atoms with Crippen LogP contribution in [0.1, 0.15) is 22.5 Å². The van der Waals surface area contributed by atoms with Crippen molar-refractivity contribution >= 4 is 17.2 Å². The molecule has 0 saturated carbocycles. The lowest BCUT2D eigenvalue weighted by Gasteiger charge is -2.37. The third-order valence-corrected chi connectivity index (χ3v) is 5.63. The van der Waals surface area contributed by atoms with Gasteiger partial charge in [-0.2, -0.15) is 11.3 Å². The normalized spacial score (nSPS) is 25.2. The topological polar surface area (TPSA) is 45.9 Å². The lowest BCUT2D eigenvalue weighted by molar-refractivity contribution is -0.0255. The molecule has 2 aromatic rings. The van der Waals surface area contributed by atoms with Gasteiger partial charge in [-0.1, -0.05) is 0 Å². The number of nitrogens with zero attached hydrogens (tertiary/aromatic N) is 2. The Hall–Kier alpha value is -1.63. The summed E-state index contributed by atoms with van der Waals surface area (Å²) in [7, 11) is 0. The molecule has 5 nitrogen and oxygen atoms in total. The van der Waals surface area contributed by atoms with Crippen molar-refractivity contribution in [3.63, 3.8) is 0 Å². The first-order valence-corrected chi connectivity index (χ1v) is 9.41. The Morgan fingerprint density at radius 1 is 1.29 bits per heavy atom. The molecule has 0 aromatic carbocycles. The molecule has 1 amide bonds. The summed E-state index contributed by atoms with van der Waals surface area (Å²) in [4.78, 5) is 17.0. The summed E-state index contributed by atoms with van der Waals surface area (Å²) in [5.74, 6) is 1.55. The monoisotopic (exact) mass is 346 g/mol. The van der Waals surface area contributed by atoms with Crippen molar-refractivity contribution in [3.05, 3.63) is 46.5 Å². The number of carbonyl (C=O) groups excluding carboxylic acids is 1. The van der Waals surface area contributed by atoms with Gasteiger partial charge in [-0.15, -0.1) is 0 Å². The highest BCUT2D eigenvalue weighted by Gasteiger charge is 2.35. The SMILES string of the molecule is O=C(c1ccsc1)N1CCO[C@H]2CN(Cc3ccco3)CC[C@H]2C1. The van der Waals surface area contributed by atoms with Gasteiger partial charge in [0.05, 0.1) is 31.1 Å². The Morgan fingerprint density at radius 3 is 3.04 bits per heavy atom. The summed E-state index contributed by atoms with van der Waals surface area (Å²) >= 11 is 1.57. The number of rotatable bonds is 3. The number of hydrogen-bond donors (Lipinski definition) is 0. The minimum absolute atomic E-state index is 0.138. The number of amides is 1. The van der Waals surface area contributed by atoms with Gasteiger partial charge in [0.25, 0.3) is 5.91 Å². The maximum Gasteiger partial charge on any atom is 0.254 e. The molecule has 0 unspecified atom stereocenters. The van der Waals surface area contributed by atoms with Crippen LogP contribution in [0, 0.1) is 5.92 Å². The second-order valence-electron chi connectivity index (χ2n) is 6.54. The van der Waals surface area contributed by atoms with E-state index in [2.05, 4.69) is 4.90 Å². The molecule has 2 saturated heterocycles. The highest BCUT2D eigenvalue weighted by Crippen LogP contribution is 2.26. The van der Waals surface area contributed by atoms with Crippen molar-refractivity contribution in [2.24, 2.45) is 5.92 Å². The fourth-order valence-corrected chi connectivity index (χ4v) is 4.26. The van der Waals surface area contributed by atoms with Crippen molar-refractivity contribution in [2.45, 2.75) is 19.1 Å². The van der Waals surface area contributed by atoms with Crippen molar-refractivity contribution in [2.75, 3.05) is 32.8 Å². The van der Waals surface area contributed by atoms with Crippen molar-refractivity contribution in [1.82, 2.24) is 9.80 Å². The largest absolute Gasteiger partial charge is 0.468 e. The molecule has 0 bridgehead atoms. The Kier molecular flexibility index (Phi) is 4.69. The van der Waals surface area contributed by atoms with Crippen molar-refractivity contribution < 1.29 is 13.9 Å². The summed E-state index contributed by atoms with van der Waals surface area (Å²) < 4.78 is 11.5. The van der Waals surface area contributed by atoms with Crippen molar-refractivity contribution in [3.8, 4) is 0 Å². The van der Waals surface area contributed by atoms with E-state index >= 15 is 0 Å². The molecule has 0 aliphatic carbocycles. The fraction of sp³-hybridized carbons (Fsp3) is 0.500. The first-order valence-electron chi connectivity index (χ1n) is 8.47. The molecule has 0 spiro atoms. The van der Waals surface area contributed by atoms with Crippen LogP contribution >= 0.6 is 11.3 Å². The predicted molar refractivity (Wildman–Crippen MR) is 92.1 cm³/mol. The number of furan rings is 1. The molecule has 6 heteroatoms. The van der Waals surface area contributed by atoms with E-state index < -0.39 is 0 Å². The van der Waals surface area contributed by atoms with E-state index in [1.54, 1.807) is 17.6 Å². The molecule has 4 heterocycles. The van der Waals surface area contributed by atoms with Gasteiger partial charge in [-0.3, -0.25) is 9.69 Å². The lowest BCUT2D eigenvalue weighted by atomic mass is 9.93. The second-order valence-corrected chi connectivity index (χ2v) is 7.32. The van der Waals surface area contributed by atoms with Gasteiger partial charge in [0, 0.05) is 30.9 Å². The Bertz CT molecular complexity index is 656. The lowest BCUT2D eigenvalue weighted by Crippen LogP contribution is -2.47. The van der Waals surface area contributed by atoms with Crippen LogP contribution in [-0.2, 0) is 11.3 Å². The maximum atomic E-state index is 12.6. The Morgan fingerprint density at radius 2 is 2.25 bits per heavy atom. The van der Waals surface area contributed by atoms with E-state index in [1.807, 2.05) is 33.9 Å². The van der Waals surface area contributed by atoms with E-state index in [4.69, 9.17) is 9.15 Å². The van der Waals surface area contributed by atoms with Crippen LogP contribution in [0.3, 0.4) is 0 Å². The quantitative estimate of drug-likeness (QED) is 0.857. The number of hydrogen-bond acceptors (Lipinski definition) is 5. The first-order chi connectivity index (χ1) is 11.8. The summed E-state index contributed by atoms with van der Waals surface area (Å²) in [5, 5.41) is 3.88. The first kappa shape index (κ1) is 15.9. The second kappa shape index (κ2) is 7.09. The molecule has 2 aliphatic heterocycles. The average Bonchev–Trinajstić information content (AvgIpc) is 3.25. The van der Waals surface area contributed by atoms with Crippen LogP contribution in [0.15, 0.2) is 39.6 Å². The number of likely N-dealkylation sites (tertiary alicyclic amines) is 1. The third kappa shape index (κ3) is 3.41. The van der Waals surface area contributed by atoms with Gasteiger partial charge in [0.1, 0.15) is 5.76 Å². The predicted octanol–water partition coefficient (Wildman–Crippen LogP) is 2.70. The molecule has 4 rings (SSSR count). The smallest absolute Gasteiger partial charge is 0.254 e. The van der Waals surface area contributed by atoms with Crippen LogP contribution in [0.5, 0.6) is 0 Å². The minimum Gasteiger partial charge on any atom is -0.468 e. The van der Waals surface area contributed by atoms with Crippen molar-refractivity contribution in [1.29, 1.82) is 0 Å². The van der Waals surface area contributed by atoms with Gasteiger partial charge >= 0.3 is 0 Å². The average molecular weight is 346 g/mol. The van der Waals surface area contributed by atoms with Crippen LogP contribution in [0.4, 0.5) is 0 Å². The van der Waals surface area contributed by atoms with Gasteiger partial charge < -0.3 is 14.1 Å². The number of thiophene rings is 1. The van der Waals surface area contributed by atoms with Crippen LogP contribution in [0.25, 0.3) is 0 Å². The fourth-order valence-electron chi connectivity index (χ4n) is 3.64. The molecule has 0 N–H and O–H groups in total. The van der Waals surface area contributed by atoms with Gasteiger partial charge in [-0.05, 0) is 36.5 Å². The van der Waals surface area contributed by atoms with E-state index in [9.17, 15) is 4.79 Å². The highest BCUT2D eigenvalue weighted by atomic mass is 32.1. The zero-order valence-corrected chi connectivity index (χ0v) is 14.4. The van der Waals surface area contributed by atoms with Crippen LogP contribution < -0.4 is 0 Å². The number of carbonyl (C=O) groups is 1. The van der Waals surface area contributed by atoms with E-state index in [-0.39, 0.29) is 12.0 Å².